The van der Waals surface area contributed by atoms with Gasteiger partial charge in [0.2, 0.25) is 0 Å². The van der Waals surface area contributed by atoms with E-state index in [4.69, 9.17) is 0 Å². The fourth-order valence-corrected chi connectivity index (χ4v) is 1.73. The van der Waals surface area contributed by atoms with Crippen LogP contribution < -0.4 is 0 Å². The molecule has 6 nitrogen and oxygen atoms in total. The van der Waals surface area contributed by atoms with Crippen LogP contribution in [-0.4, -0.2) is 30.6 Å². The number of rotatable bonds is 4. The Balaban J connectivity index is 3.14. The van der Waals surface area contributed by atoms with E-state index in [2.05, 4.69) is 0 Å². The molecule has 0 fully saturated rings. The van der Waals surface area contributed by atoms with Crippen molar-refractivity contribution in [2.24, 2.45) is 0 Å². The van der Waals surface area contributed by atoms with Gasteiger partial charge in [0.15, 0.2) is 15.6 Å². The summed E-state index contributed by atoms with van der Waals surface area (Å²) < 4.78 is 22.4. The number of ketones is 1. The zero-order valence-electron chi connectivity index (χ0n) is 9.28. The van der Waals surface area contributed by atoms with Crippen LogP contribution in [0.3, 0.4) is 0 Å². The summed E-state index contributed by atoms with van der Waals surface area (Å²) in [5.41, 5.74) is -0.214. The molecular weight excluding hydrogens is 246 g/mol. The molecule has 0 unspecified atom stereocenters. The summed E-state index contributed by atoms with van der Waals surface area (Å²) in [6.07, 6.45) is 0.951. The summed E-state index contributed by atoms with van der Waals surface area (Å²) in [5, 5.41) is 9.31. The quantitative estimate of drug-likeness (QED) is 0.459. The summed E-state index contributed by atoms with van der Waals surface area (Å²) in [4.78, 5) is 21.6. The largest absolute Gasteiger partial charge is 0.293 e. The maximum atomic E-state index is 11.8. The maximum Gasteiger partial charge on any atom is 0.270 e. The molecule has 0 saturated heterocycles. The van der Waals surface area contributed by atoms with Crippen LogP contribution in [0.4, 0.5) is 5.69 Å². The molecule has 1 atom stereocenters. The van der Waals surface area contributed by atoms with Crippen molar-refractivity contribution in [3.05, 3.63) is 39.9 Å². The molecule has 0 radical (unpaired) electrons. The monoisotopic (exact) mass is 257 g/mol. The highest BCUT2D eigenvalue weighted by Gasteiger charge is 2.25. The molecule has 0 aliphatic carbocycles. The lowest BCUT2D eigenvalue weighted by molar-refractivity contribution is -0.384. The molecule has 0 amide bonds. The molecule has 1 rings (SSSR count). The van der Waals surface area contributed by atoms with Crippen LogP contribution in [-0.2, 0) is 9.84 Å². The van der Waals surface area contributed by atoms with Gasteiger partial charge in [-0.2, -0.15) is 0 Å². The van der Waals surface area contributed by atoms with E-state index in [0.717, 1.165) is 12.3 Å². The van der Waals surface area contributed by atoms with Gasteiger partial charge in [-0.25, -0.2) is 8.42 Å². The van der Waals surface area contributed by atoms with Crippen LogP contribution in [0, 0.1) is 10.1 Å². The van der Waals surface area contributed by atoms with Crippen LogP contribution in [0.2, 0.25) is 0 Å². The lowest BCUT2D eigenvalue weighted by atomic mass is 10.1. The molecule has 0 bridgehead atoms. The first kappa shape index (κ1) is 13.3. The highest BCUT2D eigenvalue weighted by molar-refractivity contribution is 7.92. The minimum atomic E-state index is -3.50. The Kier molecular flexibility index (Phi) is 3.62. The van der Waals surface area contributed by atoms with E-state index in [1.54, 1.807) is 0 Å². The second-order valence-corrected chi connectivity index (χ2v) is 6.01. The second kappa shape index (κ2) is 4.62. The fourth-order valence-electron chi connectivity index (χ4n) is 1.20. The second-order valence-electron chi connectivity index (χ2n) is 3.64. The predicted molar refractivity (Wildman–Crippen MR) is 61.7 cm³/mol. The fraction of sp³-hybridized carbons (Fsp3) is 0.300. The first-order valence-corrected chi connectivity index (χ1v) is 6.66. The molecule has 0 saturated carbocycles. The minimum Gasteiger partial charge on any atom is -0.293 e. The number of sulfone groups is 1. The Morgan fingerprint density at radius 2 is 2.00 bits per heavy atom. The number of nitrogens with zero attached hydrogens (tertiary/aromatic N) is 1. The predicted octanol–water partition coefficient (Wildman–Crippen LogP) is 1.21. The van der Waals surface area contributed by atoms with Gasteiger partial charge < -0.3 is 0 Å². The highest BCUT2D eigenvalue weighted by atomic mass is 32.2. The van der Waals surface area contributed by atoms with E-state index >= 15 is 0 Å². The van der Waals surface area contributed by atoms with Gasteiger partial charge in [-0.1, -0.05) is 12.1 Å². The lowest BCUT2D eigenvalue weighted by Crippen LogP contribution is -2.26. The van der Waals surface area contributed by atoms with Gasteiger partial charge in [0, 0.05) is 24.0 Å². The van der Waals surface area contributed by atoms with Crippen molar-refractivity contribution >= 4 is 21.3 Å². The third-order valence-electron chi connectivity index (χ3n) is 2.35. The smallest absolute Gasteiger partial charge is 0.270 e. The Morgan fingerprint density at radius 1 is 1.41 bits per heavy atom. The average molecular weight is 257 g/mol. The first-order chi connectivity index (χ1) is 7.73. The van der Waals surface area contributed by atoms with Gasteiger partial charge in [0.05, 0.1) is 4.92 Å². The lowest BCUT2D eigenvalue weighted by Gasteiger charge is -2.07. The van der Waals surface area contributed by atoms with Crippen molar-refractivity contribution < 1.29 is 18.1 Å². The van der Waals surface area contributed by atoms with Gasteiger partial charge >= 0.3 is 0 Å². The van der Waals surface area contributed by atoms with E-state index in [9.17, 15) is 23.3 Å². The molecule has 0 aromatic heterocycles. The SMILES string of the molecule is C[C@@H](C(=O)c1cccc([N+](=O)[O-])c1)S(C)(=O)=O. The van der Waals surface area contributed by atoms with Crippen LogP contribution >= 0.6 is 0 Å². The van der Waals surface area contributed by atoms with E-state index in [-0.39, 0.29) is 11.3 Å². The molecule has 0 heterocycles. The summed E-state index contributed by atoms with van der Waals surface area (Å²) in [6.45, 7) is 1.26. The summed E-state index contributed by atoms with van der Waals surface area (Å²) >= 11 is 0. The molecular formula is C10H11NO5S. The number of Topliss-reactive ketones (excluding diaryl/α,β-unsaturated/α-hetero) is 1. The molecule has 0 spiro atoms. The summed E-state index contributed by atoms with van der Waals surface area (Å²) in [5.74, 6) is -0.642. The highest BCUT2D eigenvalue weighted by Crippen LogP contribution is 2.16. The van der Waals surface area contributed by atoms with Gasteiger partial charge in [0.1, 0.15) is 5.25 Å². The number of non-ortho nitro benzene ring substituents is 1. The van der Waals surface area contributed by atoms with Gasteiger partial charge in [-0.05, 0) is 6.92 Å². The minimum absolute atomic E-state index is 0.0251. The number of nitro benzene ring substituents is 1. The Labute approximate surface area is 98.3 Å². The zero-order valence-corrected chi connectivity index (χ0v) is 10.1. The van der Waals surface area contributed by atoms with Crippen molar-refractivity contribution in [2.45, 2.75) is 12.2 Å². The Bertz CT molecular complexity index is 564. The van der Waals surface area contributed by atoms with E-state index < -0.39 is 25.8 Å². The van der Waals surface area contributed by atoms with Crippen molar-refractivity contribution in [1.82, 2.24) is 0 Å². The molecule has 1 aromatic carbocycles. The van der Waals surface area contributed by atoms with E-state index in [1.165, 1.54) is 25.1 Å². The standard InChI is InChI=1S/C10H11NO5S/c1-7(17(2,15)16)10(12)8-4-3-5-9(6-8)11(13)14/h3-7H,1-2H3/t7-/m0/s1. The van der Waals surface area contributed by atoms with Crippen molar-refractivity contribution in [1.29, 1.82) is 0 Å². The van der Waals surface area contributed by atoms with Gasteiger partial charge in [-0.15, -0.1) is 0 Å². The van der Waals surface area contributed by atoms with Crippen LogP contribution in [0.1, 0.15) is 17.3 Å². The number of nitro groups is 1. The van der Waals surface area contributed by atoms with Crippen molar-refractivity contribution in [2.75, 3.05) is 6.26 Å². The number of carbonyl (C=O) groups excluding carboxylic acids is 1. The number of carbonyl (C=O) groups is 1. The summed E-state index contributed by atoms with van der Waals surface area (Å²) in [7, 11) is -3.50. The molecule has 0 aliphatic rings. The Hall–Kier alpha value is -1.76. The number of hydrogen-bond acceptors (Lipinski definition) is 5. The molecule has 1 aromatic rings. The van der Waals surface area contributed by atoms with Gasteiger partial charge in [-0.3, -0.25) is 14.9 Å². The molecule has 7 heteroatoms. The third kappa shape index (κ3) is 3.10. The normalized spacial score (nSPS) is 13.1. The molecule has 0 N–H and O–H groups in total. The molecule has 0 aliphatic heterocycles. The first-order valence-electron chi connectivity index (χ1n) is 4.71. The van der Waals surface area contributed by atoms with Crippen LogP contribution in [0.15, 0.2) is 24.3 Å². The van der Waals surface area contributed by atoms with Crippen molar-refractivity contribution in [3.63, 3.8) is 0 Å². The third-order valence-corrected chi connectivity index (χ3v) is 3.85. The average Bonchev–Trinajstić information content (AvgIpc) is 2.26. The van der Waals surface area contributed by atoms with Crippen LogP contribution in [0.25, 0.3) is 0 Å². The number of benzene rings is 1. The van der Waals surface area contributed by atoms with Crippen LogP contribution in [0.5, 0.6) is 0 Å². The molecule has 17 heavy (non-hydrogen) atoms. The molecule has 92 valence electrons. The van der Waals surface area contributed by atoms with E-state index in [0.29, 0.717) is 0 Å². The van der Waals surface area contributed by atoms with Gasteiger partial charge in [0.25, 0.3) is 5.69 Å². The Morgan fingerprint density at radius 3 is 2.47 bits per heavy atom. The van der Waals surface area contributed by atoms with Crippen molar-refractivity contribution in [3.8, 4) is 0 Å². The summed E-state index contributed by atoms with van der Waals surface area (Å²) in [6, 6.07) is 5.02. The number of hydrogen-bond donors (Lipinski definition) is 0. The zero-order chi connectivity index (χ0) is 13.2. The van der Waals surface area contributed by atoms with E-state index in [1.807, 2.05) is 0 Å². The maximum absolute atomic E-state index is 11.8. The topological polar surface area (TPSA) is 94.3 Å².